The van der Waals surface area contributed by atoms with Gasteiger partial charge in [-0.05, 0) is 19.1 Å². The van der Waals surface area contributed by atoms with Crippen molar-refractivity contribution in [2.24, 2.45) is 0 Å². The highest BCUT2D eigenvalue weighted by Crippen LogP contribution is 2.19. The molecule has 0 saturated carbocycles. The van der Waals surface area contributed by atoms with Crippen LogP contribution in [0, 0.1) is 6.92 Å². The smallest absolute Gasteiger partial charge is 0.324 e. The minimum Gasteiger partial charge on any atom is -0.456 e. The summed E-state index contributed by atoms with van der Waals surface area (Å²) in [7, 11) is 0. The van der Waals surface area contributed by atoms with Crippen molar-refractivity contribution in [2.45, 2.75) is 18.2 Å². The second-order valence-electron chi connectivity index (χ2n) is 4.85. The number of thioether (sulfide) groups is 1. The number of ether oxygens (including phenoxy) is 1. The molecule has 1 aliphatic rings. The number of hydrogen-bond donors (Lipinski definition) is 1. The van der Waals surface area contributed by atoms with Crippen LogP contribution in [0.15, 0.2) is 29.2 Å². The Bertz CT molecular complexity index is 559. The molecule has 0 spiro atoms. The molecule has 0 radical (unpaired) electrons. The third kappa shape index (κ3) is 4.77. The minimum absolute atomic E-state index is 0.220. The van der Waals surface area contributed by atoms with E-state index in [1.54, 1.807) is 11.8 Å². The van der Waals surface area contributed by atoms with E-state index in [1.807, 2.05) is 31.2 Å². The maximum absolute atomic E-state index is 11.7. The average Bonchev–Trinajstić information content (AvgIpc) is 2.93. The van der Waals surface area contributed by atoms with Crippen molar-refractivity contribution >= 4 is 29.7 Å². The van der Waals surface area contributed by atoms with E-state index in [1.165, 1.54) is 5.56 Å². The predicted octanol–water partition coefficient (Wildman–Crippen LogP) is 1.57. The number of nitrogens with one attached hydrogen (secondary N) is 1. The van der Waals surface area contributed by atoms with Crippen molar-refractivity contribution in [3.63, 3.8) is 0 Å². The van der Waals surface area contributed by atoms with Gasteiger partial charge in [0.15, 0.2) is 6.61 Å². The molecule has 3 amide bonds. The van der Waals surface area contributed by atoms with Crippen LogP contribution in [0.1, 0.15) is 12.0 Å². The van der Waals surface area contributed by atoms with Crippen LogP contribution in [-0.4, -0.2) is 48.3 Å². The number of carbonyl (C=O) groups is 3. The lowest BCUT2D eigenvalue weighted by molar-refractivity contribution is -0.150. The summed E-state index contributed by atoms with van der Waals surface area (Å²) in [6.45, 7) is 2.38. The van der Waals surface area contributed by atoms with E-state index in [2.05, 4.69) is 5.32 Å². The molecule has 0 aliphatic carbocycles. The molecule has 1 heterocycles. The Morgan fingerprint density at radius 2 is 2.05 bits per heavy atom. The van der Waals surface area contributed by atoms with E-state index in [0.717, 1.165) is 9.80 Å². The quantitative estimate of drug-likeness (QED) is 0.635. The minimum atomic E-state index is -0.491. The summed E-state index contributed by atoms with van der Waals surface area (Å²) in [5, 5.41) is 2.52. The zero-order valence-electron chi connectivity index (χ0n) is 12.3. The SMILES string of the molecule is Cc1ccc(SCCC(=O)OCC(=O)N2CCNC2=O)cc1. The third-order valence-electron chi connectivity index (χ3n) is 3.11. The number of hydrogen-bond acceptors (Lipinski definition) is 5. The molecule has 0 bridgehead atoms. The first kappa shape index (κ1) is 16.4. The van der Waals surface area contributed by atoms with Crippen LogP contribution < -0.4 is 5.32 Å². The van der Waals surface area contributed by atoms with E-state index in [0.29, 0.717) is 18.8 Å². The van der Waals surface area contributed by atoms with E-state index in [9.17, 15) is 14.4 Å². The Balaban J connectivity index is 1.64. The van der Waals surface area contributed by atoms with Crippen LogP contribution in [0.25, 0.3) is 0 Å². The van der Waals surface area contributed by atoms with Gasteiger partial charge in [0.05, 0.1) is 6.42 Å². The molecule has 1 fully saturated rings. The van der Waals surface area contributed by atoms with Gasteiger partial charge in [-0.2, -0.15) is 0 Å². The first-order valence-electron chi connectivity index (χ1n) is 6.99. The molecule has 0 unspecified atom stereocenters. The fourth-order valence-corrected chi connectivity index (χ4v) is 2.72. The van der Waals surface area contributed by atoms with E-state index >= 15 is 0 Å². The maximum Gasteiger partial charge on any atom is 0.324 e. The molecule has 1 aliphatic heterocycles. The van der Waals surface area contributed by atoms with E-state index in [4.69, 9.17) is 4.74 Å². The van der Waals surface area contributed by atoms with Gasteiger partial charge in [-0.1, -0.05) is 17.7 Å². The van der Waals surface area contributed by atoms with Gasteiger partial charge in [0.25, 0.3) is 5.91 Å². The number of urea groups is 1. The Kier molecular flexibility index (Phi) is 5.83. The predicted molar refractivity (Wildman–Crippen MR) is 82.6 cm³/mol. The largest absolute Gasteiger partial charge is 0.456 e. The lowest BCUT2D eigenvalue weighted by Gasteiger charge is -2.12. The first-order chi connectivity index (χ1) is 10.6. The third-order valence-corrected chi connectivity index (χ3v) is 4.12. The maximum atomic E-state index is 11.7. The molecule has 1 aromatic carbocycles. The van der Waals surface area contributed by atoms with Crippen LogP contribution in [0.3, 0.4) is 0 Å². The summed E-state index contributed by atoms with van der Waals surface area (Å²) < 4.78 is 4.90. The summed E-state index contributed by atoms with van der Waals surface area (Å²) in [5.74, 6) is -0.345. The summed E-state index contributed by atoms with van der Waals surface area (Å²) >= 11 is 1.56. The van der Waals surface area contributed by atoms with Gasteiger partial charge in [0.1, 0.15) is 0 Å². The standard InChI is InChI=1S/C15H18N2O4S/c1-11-2-4-12(5-3-11)22-9-6-14(19)21-10-13(18)17-8-7-16-15(17)20/h2-5H,6-10H2,1H3,(H,16,20). The molecule has 7 heteroatoms. The normalized spacial score (nSPS) is 13.9. The van der Waals surface area contributed by atoms with Crippen LogP contribution in [-0.2, 0) is 14.3 Å². The summed E-state index contributed by atoms with van der Waals surface area (Å²) in [4.78, 5) is 36.7. The van der Waals surface area contributed by atoms with Gasteiger partial charge in [0.2, 0.25) is 0 Å². The van der Waals surface area contributed by atoms with Crippen LogP contribution >= 0.6 is 11.8 Å². The Labute approximate surface area is 133 Å². The fourth-order valence-electron chi connectivity index (χ4n) is 1.89. The molecular formula is C15H18N2O4S. The van der Waals surface area contributed by atoms with Crippen molar-refractivity contribution < 1.29 is 19.1 Å². The number of aryl methyl sites for hydroxylation is 1. The highest BCUT2D eigenvalue weighted by atomic mass is 32.2. The molecule has 2 rings (SSSR count). The van der Waals surface area contributed by atoms with Crippen molar-refractivity contribution in [1.82, 2.24) is 10.2 Å². The van der Waals surface area contributed by atoms with Gasteiger partial charge in [-0.15, -0.1) is 11.8 Å². The van der Waals surface area contributed by atoms with Crippen LogP contribution in [0.2, 0.25) is 0 Å². The van der Waals surface area contributed by atoms with Gasteiger partial charge < -0.3 is 10.1 Å². The molecule has 1 N–H and O–H groups in total. The Morgan fingerprint density at radius 1 is 1.32 bits per heavy atom. The van der Waals surface area contributed by atoms with Gasteiger partial charge in [0, 0.05) is 23.7 Å². The molecule has 1 saturated heterocycles. The highest BCUT2D eigenvalue weighted by Gasteiger charge is 2.26. The zero-order chi connectivity index (χ0) is 15.9. The topological polar surface area (TPSA) is 75.7 Å². The van der Waals surface area contributed by atoms with Crippen LogP contribution in [0.5, 0.6) is 0 Å². The lowest BCUT2D eigenvalue weighted by atomic mass is 10.2. The number of nitrogens with zero attached hydrogens (tertiary/aromatic N) is 1. The summed E-state index contributed by atoms with van der Waals surface area (Å²) in [5.41, 5.74) is 1.19. The molecule has 1 aromatic rings. The van der Waals surface area contributed by atoms with E-state index in [-0.39, 0.29) is 13.0 Å². The highest BCUT2D eigenvalue weighted by molar-refractivity contribution is 7.99. The number of imide groups is 1. The fraction of sp³-hybridized carbons (Fsp3) is 0.400. The summed E-state index contributed by atoms with van der Waals surface area (Å²) in [6.07, 6.45) is 0.220. The Hall–Kier alpha value is -2.02. The lowest BCUT2D eigenvalue weighted by Crippen LogP contribution is -2.37. The van der Waals surface area contributed by atoms with E-state index < -0.39 is 17.9 Å². The molecule has 0 atom stereocenters. The number of esters is 1. The number of amides is 3. The number of benzene rings is 1. The molecule has 6 nitrogen and oxygen atoms in total. The molecular weight excluding hydrogens is 304 g/mol. The first-order valence-corrected chi connectivity index (χ1v) is 7.98. The molecule has 22 heavy (non-hydrogen) atoms. The van der Waals surface area contributed by atoms with Crippen molar-refractivity contribution in [3.05, 3.63) is 29.8 Å². The monoisotopic (exact) mass is 322 g/mol. The van der Waals surface area contributed by atoms with Gasteiger partial charge >= 0.3 is 12.0 Å². The Morgan fingerprint density at radius 3 is 2.68 bits per heavy atom. The molecule has 118 valence electrons. The number of rotatable bonds is 6. The van der Waals surface area contributed by atoms with Crippen molar-refractivity contribution in [1.29, 1.82) is 0 Å². The van der Waals surface area contributed by atoms with Crippen molar-refractivity contribution in [2.75, 3.05) is 25.4 Å². The second kappa shape index (κ2) is 7.84. The average molecular weight is 322 g/mol. The van der Waals surface area contributed by atoms with Crippen molar-refractivity contribution in [3.8, 4) is 0 Å². The summed E-state index contributed by atoms with van der Waals surface area (Å²) in [6, 6.07) is 7.60. The zero-order valence-corrected chi connectivity index (χ0v) is 13.1. The second-order valence-corrected chi connectivity index (χ2v) is 6.02. The van der Waals surface area contributed by atoms with Gasteiger partial charge in [-0.25, -0.2) is 4.79 Å². The van der Waals surface area contributed by atoms with Gasteiger partial charge in [-0.3, -0.25) is 14.5 Å². The number of carbonyl (C=O) groups excluding carboxylic acids is 3. The van der Waals surface area contributed by atoms with Crippen LogP contribution in [0.4, 0.5) is 4.79 Å². The molecule has 0 aromatic heterocycles.